The molecule has 0 spiro atoms. The lowest BCUT2D eigenvalue weighted by Gasteiger charge is -2.30. The fraction of sp³-hybridized carbons (Fsp3) is 0.533. The monoisotopic (exact) mass is 1200 g/mol. The molecule has 0 bridgehead atoms. The molecule has 2 heterocycles. The first-order chi connectivity index (χ1) is 38.8. The van der Waals surface area contributed by atoms with Crippen LogP contribution in [-0.2, 0) is 56.2 Å². The molecule has 0 aliphatic carbocycles. The fourth-order valence-corrected chi connectivity index (χ4v) is 8.89. The van der Waals surface area contributed by atoms with Crippen LogP contribution in [0.1, 0.15) is 47.4 Å². The Labute approximate surface area is 472 Å². The van der Waals surface area contributed by atoms with Gasteiger partial charge in [-0.05, 0) is 30.7 Å². The lowest BCUT2D eigenvalue weighted by atomic mass is 9.99. The highest BCUT2D eigenvalue weighted by Gasteiger charge is 2.41. The second kappa shape index (κ2) is 34.6. The number of aliphatic hydroxyl groups is 9. The molecular weight excluding hydrogens is 1140 g/mol. The van der Waals surface area contributed by atoms with Crippen molar-refractivity contribution in [2.24, 2.45) is 10.7 Å². The number of aromatic nitrogens is 2. The molecule has 11 unspecified atom stereocenters. The SMILES string of the molecule is NC1=NCc2nc(CNc3ccc(C(=O)NCCCC(=O)NC(C(=O)NC(CC(=O)O)C(=O)NCC(=O)NC(CC(=O)O)C(=O)NC(C(=O)NC(CSSCCO)C(=O)O)C(O)C(O)C(O)CO)C(O)C(O)C(O)CO)cc3)cnc2N1. The molecule has 37 heteroatoms. The van der Waals surface area contributed by atoms with Crippen molar-refractivity contribution < 1.29 is 109 Å². The molecule has 1 aromatic carbocycles. The molecule has 35 nitrogen and oxygen atoms in total. The van der Waals surface area contributed by atoms with Crippen LogP contribution in [0.2, 0.25) is 0 Å². The van der Waals surface area contributed by atoms with Gasteiger partial charge in [-0.3, -0.25) is 43.2 Å². The number of hydrogen-bond acceptors (Lipinski definition) is 27. The summed E-state index contributed by atoms with van der Waals surface area (Å²) in [6.07, 6.45) is -15.7. The molecular formula is C45H65N13O22S2. The molecule has 0 saturated heterocycles. The average molecular weight is 1200 g/mol. The summed E-state index contributed by atoms with van der Waals surface area (Å²) < 4.78 is 0. The Morgan fingerprint density at radius 1 is 0.659 bits per heavy atom. The highest BCUT2D eigenvalue weighted by molar-refractivity contribution is 8.76. The zero-order chi connectivity index (χ0) is 61.2. The van der Waals surface area contributed by atoms with E-state index in [9.17, 15) is 104 Å². The Kier molecular flexibility index (Phi) is 29.0. The molecule has 1 aliphatic rings. The fourth-order valence-electron chi connectivity index (χ4n) is 6.97. The van der Waals surface area contributed by atoms with Gasteiger partial charge >= 0.3 is 17.9 Å². The van der Waals surface area contributed by atoms with Crippen LogP contribution in [0.15, 0.2) is 35.5 Å². The lowest BCUT2D eigenvalue weighted by Crippen LogP contribution is -2.63. The summed E-state index contributed by atoms with van der Waals surface area (Å²) in [5.74, 6) is -13.9. The second-order valence-corrected chi connectivity index (χ2v) is 20.2. The van der Waals surface area contributed by atoms with Gasteiger partial charge in [0.05, 0.1) is 64.2 Å². The van der Waals surface area contributed by atoms with Crippen molar-refractivity contribution in [1.29, 1.82) is 0 Å². The third-order valence-corrected chi connectivity index (χ3v) is 13.7. The predicted octanol–water partition coefficient (Wildman–Crippen LogP) is -9.06. The van der Waals surface area contributed by atoms with E-state index in [1.807, 2.05) is 26.6 Å². The zero-order valence-corrected chi connectivity index (χ0v) is 44.7. The number of nitrogens with one attached hydrogen (secondary N) is 9. The van der Waals surface area contributed by atoms with Crippen LogP contribution in [0.5, 0.6) is 0 Å². The molecule has 82 heavy (non-hydrogen) atoms. The number of carboxylic acid groups (broad SMARTS) is 3. The normalized spacial score (nSPS) is 15.8. The van der Waals surface area contributed by atoms with E-state index in [1.165, 1.54) is 12.1 Å². The van der Waals surface area contributed by atoms with E-state index in [-0.39, 0.29) is 55.7 Å². The van der Waals surface area contributed by atoms with Crippen LogP contribution in [0.3, 0.4) is 0 Å². The quantitative estimate of drug-likeness (QED) is 0.0221. The molecule has 0 fully saturated rings. The number of amides is 7. The number of guanidine groups is 1. The minimum absolute atomic E-state index is 0.102. The van der Waals surface area contributed by atoms with Crippen molar-refractivity contribution in [2.75, 3.05) is 55.0 Å². The van der Waals surface area contributed by atoms with E-state index in [4.69, 9.17) is 10.8 Å². The molecule has 454 valence electrons. The first-order valence-corrected chi connectivity index (χ1v) is 26.9. The number of fused-ring (bicyclic) bond motifs is 1. The van der Waals surface area contributed by atoms with E-state index in [1.54, 1.807) is 18.3 Å². The maximum Gasteiger partial charge on any atom is 0.327 e. The Morgan fingerprint density at radius 2 is 1.23 bits per heavy atom. The van der Waals surface area contributed by atoms with Crippen molar-refractivity contribution in [1.82, 2.24) is 47.2 Å². The van der Waals surface area contributed by atoms with Gasteiger partial charge < -0.3 is 115 Å². The van der Waals surface area contributed by atoms with Gasteiger partial charge in [-0.25, -0.2) is 19.8 Å². The Bertz CT molecular complexity index is 2570. The number of aliphatic imine (C=N–C) groups is 1. The number of benzene rings is 1. The summed E-state index contributed by atoms with van der Waals surface area (Å²) in [4.78, 5) is 141. The largest absolute Gasteiger partial charge is 0.481 e. The number of nitrogens with zero attached hydrogens (tertiary/aromatic N) is 3. The molecule has 2 aromatic rings. The number of aliphatic carboxylic acids is 3. The number of carbonyl (C=O) groups excluding carboxylic acids is 7. The Hall–Kier alpha value is -7.59. The summed E-state index contributed by atoms with van der Waals surface area (Å²) in [6, 6.07) is -4.64. The maximum atomic E-state index is 13.6. The predicted molar refractivity (Wildman–Crippen MR) is 283 cm³/mol. The number of carbonyl (C=O) groups is 10. The Balaban J connectivity index is 1.66. The van der Waals surface area contributed by atoms with Gasteiger partial charge in [0, 0.05) is 35.7 Å². The number of carboxylic acids is 3. The molecule has 3 rings (SSSR count). The standard InChI is InChI=1S/C45H65N13O22S2/c46-45-51-14-24-38(58-45)49-13-21(52-24)12-48-20-5-3-19(4-6-20)39(74)47-7-1-2-28(64)56-32(36(72)34(70)26(62)16-60)42(77)54-22(10-30(66)67)40(75)50-15-29(65)53-23(11-31(68)69)41(76)57-33(37(73)35(71)27(63)17-61)43(78)55-25(44(79)80)18-82-81-9-8-59/h3-6,13,22-23,25-27,32-37,48,59-63,70-73H,1-2,7-12,14-18H2,(H,47,74)(H,50,75)(H,53,65)(H,54,77)(H,55,78)(H,56,64)(H,57,76)(H,66,67)(H,68,69)(H,79,80)(H3,46,49,51,58). The molecule has 23 N–H and O–H groups in total. The summed E-state index contributed by atoms with van der Waals surface area (Å²) >= 11 is 0. The van der Waals surface area contributed by atoms with E-state index in [0.717, 1.165) is 21.6 Å². The van der Waals surface area contributed by atoms with Crippen molar-refractivity contribution in [3.63, 3.8) is 0 Å². The molecule has 11 atom stereocenters. The number of aliphatic hydroxyl groups excluding tert-OH is 9. The van der Waals surface area contributed by atoms with Gasteiger partial charge in [0.1, 0.15) is 72.5 Å². The zero-order valence-electron chi connectivity index (χ0n) is 43.1. The van der Waals surface area contributed by atoms with Crippen molar-refractivity contribution >= 4 is 98.3 Å². The molecule has 0 radical (unpaired) electrons. The number of anilines is 2. The minimum atomic E-state index is -2.55. The van der Waals surface area contributed by atoms with Crippen molar-refractivity contribution in [3.05, 3.63) is 47.4 Å². The second-order valence-electron chi connectivity index (χ2n) is 17.6. The van der Waals surface area contributed by atoms with Gasteiger partial charge in [-0.15, -0.1) is 0 Å². The van der Waals surface area contributed by atoms with Crippen LogP contribution in [0, 0.1) is 0 Å². The Morgan fingerprint density at radius 3 is 1.79 bits per heavy atom. The van der Waals surface area contributed by atoms with Gasteiger partial charge in [0.25, 0.3) is 5.91 Å². The number of rotatable bonds is 37. The topological polar surface area (TPSA) is 586 Å². The summed E-state index contributed by atoms with van der Waals surface area (Å²) in [6.45, 7) is -3.49. The smallest absolute Gasteiger partial charge is 0.327 e. The van der Waals surface area contributed by atoms with Gasteiger partial charge in [-0.1, -0.05) is 21.6 Å². The van der Waals surface area contributed by atoms with E-state index >= 15 is 0 Å². The number of nitrogens with two attached hydrogens (primary N) is 1. The van der Waals surface area contributed by atoms with Crippen molar-refractivity contribution in [2.45, 2.75) is 106 Å². The highest BCUT2D eigenvalue weighted by atomic mass is 33.1. The van der Waals surface area contributed by atoms with Crippen LogP contribution >= 0.6 is 21.6 Å². The van der Waals surface area contributed by atoms with Gasteiger partial charge in [0.2, 0.25) is 35.4 Å². The molecule has 1 aliphatic heterocycles. The maximum absolute atomic E-state index is 13.6. The van der Waals surface area contributed by atoms with Crippen LogP contribution in [0.25, 0.3) is 0 Å². The summed E-state index contributed by atoms with van der Waals surface area (Å²) in [5.41, 5.74) is 7.74. The third kappa shape index (κ3) is 22.7. The van der Waals surface area contributed by atoms with Crippen molar-refractivity contribution in [3.8, 4) is 0 Å². The molecule has 7 amide bonds. The molecule has 1 aromatic heterocycles. The van der Waals surface area contributed by atoms with Gasteiger partial charge in [0.15, 0.2) is 11.8 Å². The number of hydrogen-bond donors (Lipinski definition) is 22. The highest BCUT2D eigenvalue weighted by Crippen LogP contribution is 2.22. The average Bonchev–Trinajstić information content (AvgIpc) is 3.52. The van der Waals surface area contributed by atoms with Gasteiger partial charge in [-0.2, -0.15) is 0 Å². The van der Waals surface area contributed by atoms with E-state index < -0.39 is 165 Å². The first-order valence-electron chi connectivity index (χ1n) is 24.4. The van der Waals surface area contributed by atoms with Crippen LogP contribution in [-0.4, -0.2) is 248 Å². The van der Waals surface area contributed by atoms with Crippen LogP contribution < -0.4 is 53.6 Å². The summed E-state index contributed by atoms with van der Waals surface area (Å²) in [5, 5.41) is 139. The minimum Gasteiger partial charge on any atom is -0.481 e. The first kappa shape index (κ1) is 68.7. The van der Waals surface area contributed by atoms with E-state index in [2.05, 4.69) is 36.2 Å². The van der Waals surface area contributed by atoms with Crippen LogP contribution in [0.4, 0.5) is 11.5 Å². The summed E-state index contributed by atoms with van der Waals surface area (Å²) in [7, 11) is 1.89. The third-order valence-electron chi connectivity index (χ3n) is 11.3. The lowest BCUT2D eigenvalue weighted by molar-refractivity contribution is -0.146. The van der Waals surface area contributed by atoms with E-state index in [0.29, 0.717) is 22.9 Å². The molecule has 0 saturated carbocycles.